The standard InChI is InChI=1S/C12H19BN2O2.C2H6/c1-8-10(9(2)15-7-14-8)13-16-11(3,4)12(5,6)17-13;1-2/h7H,1-6H3;1-2H3. The molecule has 0 unspecified atom stereocenters. The second kappa shape index (κ2) is 5.59. The van der Waals surface area contributed by atoms with Gasteiger partial charge in [-0.3, -0.25) is 0 Å². The fraction of sp³-hybridized carbons (Fsp3) is 0.714. The average Bonchev–Trinajstić information content (AvgIpc) is 2.50. The topological polar surface area (TPSA) is 44.2 Å². The van der Waals surface area contributed by atoms with Crippen molar-refractivity contribution in [2.24, 2.45) is 0 Å². The predicted octanol–water partition coefficient (Wildman–Crippen LogP) is 2.42. The maximum Gasteiger partial charge on any atom is 0.498 e. The lowest BCUT2D eigenvalue weighted by Crippen LogP contribution is -2.41. The Labute approximate surface area is 117 Å². The molecule has 106 valence electrons. The van der Waals surface area contributed by atoms with Crippen molar-refractivity contribution < 1.29 is 9.31 Å². The molecule has 4 nitrogen and oxygen atoms in total. The molecule has 0 saturated carbocycles. The maximum absolute atomic E-state index is 6.01. The molecule has 0 amide bonds. The van der Waals surface area contributed by atoms with E-state index >= 15 is 0 Å². The molecular formula is C14H25BN2O2. The van der Waals surface area contributed by atoms with Crippen molar-refractivity contribution in [1.29, 1.82) is 0 Å². The summed E-state index contributed by atoms with van der Waals surface area (Å²) in [6, 6.07) is 0. The second-order valence-corrected chi connectivity index (χ2v) is 5.55. The summed E-state index contributed by atoms with van der Waals surface area (Å²) in [4.78, 5) is 8.42. The number of nitrogens with zero attached hydrogens (tertiary/aromatic N) is 2. The predicted molar refractivity (Wildman–Crippen MR) is 78.6 cm³/mol. The minimum absolute atomic E-state index is 0.327. The van der Waals surface area contributed by atoms with Gasteiger partial charge in [0.2, 0.25) is 0 Å². The van der Waals surface area contributed by atoms with Crippen LogP contribution in [0.25, 0.3) is 0 Å². The van der Waals surface area contributed by atoms with Crippen LogP contribution in [0.3, 0.4) is 0 Å². The molecule has 0 N–H and O–H groups in total. The smallest absolute Gasteiger partial charge is 0.399 e. The molecule has 0 radical (unpaired) electrons. The van der Waals surface area contributed by atoms with Crippen LogP contribution in [0.1, 0.15) is 52.9 Å². The number of aryl methyl sites for hydroxylation is 2. The highest BCUT2D eigenvalue weighted by atomic mass is 16.7. The van der Waals surface area contributed by atoms with Crippen molar-refractivity contribution in [3.05, 3.63) is 17.7 Å². The summed E-state index contributed by atoms with van der Waals surface area (Å²) < 4.78 is 12.0. The summed E-state index contributed by atoms with van der Waals surface area (Å²) in [6.07, 6.45) is 1.57. The molecule has 1 aliphatic rings. The molecule has 2 heterocycles. The van der Waals surface area contributed by atoms with Crippen molar-refractivity contribution in [2.45, 2.75) is 66.6 Å². The first-order valence-corrected chi connectivity index (χ1v) is 6.88. The zero-order chi connectivity index (χ0) is 14.8. The van der Waals surface area contributed by atoms with E-state index in [4.69, 9.17) is 9.31 Å². The fourth-order valence-electron chi connectivity index (χ4n) is 1.90. The summed E-state index contributed by atoms with van der Waals surface area (Å²) in [5.41, 5.74) is 2.12. The third-order valence-corrected chi connectivity index (χ3v) is 3.77. The van der Waals surface area contributed by atoms with Crippen LogP contribution in [-0.2, 0) is 9.31 Å². The Morgan fingerprint density at radius 3 is 1.63 bits per heavy atom. The highest BCUT2D eigenvalue weighted by Gasteiger charge is 2.52. The lowest BCUT2D eigenvalue weighted by molar-refractivity contribution is 0.00578. The summed E-state index contributed by atoms with van der Waals surface area (Å²) >= 11 is 0. The summed E-state index contributed by atoms with van der Waals surface area (Å²) in [7, 11) is -0.374. The van der Waals surface area contributed by atoms with Crippen LogP contribution in [0, 0.1) is 13.8 Å². The van der Waals surface area contributed by atoms with Gasteiger partial charge in [-0.05, 0) is 41.5 Å². The SMILES string of the molecule is CC.Cc1ncnc(C)c1B1OC(C)(C)C(C)(C)O1. The van der Waals surface area contributed by atoms with Gasteiger partial charge >= 0.3 is 7.12 Å². The van der Waals surface area contributed by atoms with E-state index < -0.39 is 0 Å². The van der Waals surface area contributed by atoms with Gasteiger partial charge in [0.1, 0.15) is 6.33 Å². The van der Waals surface area contributed by atoms with Crippen LogP contribution in [0.4, 0.5) is 0 Å². The quantitative estimate of drug-likeness (QED) is 0.731. The van der Waals surface area contributed by atoms with E-state index in [2.05, 4.69) is 9.97 Å². The number of hydrogen-bond acceptors (Lipinski definition) is 4. The van der Waals surface area contributed by atoms with E-state index in [9.17, 15) is 0 Å². The Kier molecular flexibility index (Phi) is 4.74. The van der Waals surface area contributed by atoms with E-state index in [0.717, 1.165) is 16.9 Å². The molecule has 1 aliphatic heterocycles. The third kappa shape index (κ3) is 2.98. The van der Waals surface area contributed by atoms with Crippen LogP contribution in [0.5, 0.6) is 0 Å². The molecule has 0 aromatic carbocycles. The normalized spacial score (nSPS) is 19.9. The first kappa shape index (κ1) is 16.1. The molecule has 1 fully saturated rings. The van der Waals surface area contributed by atoms with E-state index in [0.29, 0.717) is 0 Å². The van der Waals surface area contributed by atoms with E-state index in [1.807, 2.05) is 55.4 Å². The van der Waals surface area contributed by atoms with Gasteiger partial charge in [0.15, 0.2) is 0 Å². The van der Waals surface area contributed by atoms with Crippen LogP contribution >= 0.6 is 0 Å². The summed E-state index contributed by atoms with van der Waals surface area (Å²) in [6.45, 7) is 16.1. The Balaban J connectivity index is 0.000000861. The Hall–Kier alpha value is -0.935. The van der Waals surface area contributed by atoms with Crippen molar-refractivity contribution in [1.82, 2.24) is 9.97 Å². The van der Waals surface area contributed by atoms with Crippen molar-refractivity contribution in [3.63, 3.8) is 0 Å². The molecular weight excluding hydrogens is 239 g/mol. The zero-order valence-electron chi connectivity index (χ0n) is 13.4. The monoisotopic (exact) mass is 264 g/mol. The average molecular weight is 264 g/mol. The maximum atomic E-state index is 6.01. The van der Waals surface area contributed by atoms with Gasteiger partial charge < -0.3 is 9.31 Å². The van der Waals surface area contributed by atoms with Gasteiger partial charge in [-0.1, -0.05) is 13.8 Å². The lowest BCUT2D eigenvalue weighted by atomic mass is 9.77. The Bertz CT molecular complexity index is 411. The van der Waals surface area contributed by atoms with Gasteiger partial charge in [-0.25, -0.2) is 9.97 Å². The molecule has 1 saturated heterocycles. The van der Waals surface area contributed by atoms with E-state index in [-0.39, 0.29) is 18.3 Å². The molecule has 0 bridgehead atoms. The van der Waals surface area contributed by atoms with Gasteiger partial charge in [-0.15, -0.1) is 0 Å². The van der Waals surface area contributed by atoms with E-state index in [1.54, 1.807) is 6.33 Å². The van der Waals surface area contributed by atoms with Gasteiger partial charge in [-0.2, -0.15) is 0 Å². The van der Waals surface area contributed by atoms with Crippen molar-refractivity contribution >= 4 is 12.6 Å². The molecule has 2 rings (SSSR count). The number of hydrogen-bond donors (Lipinski definition) is 0. The molecule has 1 aromatic heterocycles. The largest absolute Gasteiger partial charge is 0.498 e. The molecule has 1 aromatic rings. The number of rotatable bonds is 1. The molecule has 5 heteroatoms. The van der Waals surface area contributed by atoms with Gasteiger partial charge in [0, 0.05) is 16.9 Å². The fourth-order valence-corrected chi connectivity index (χ4v) is 1.90. The molecule has 19 heavy (non-hydrogen) atoms. The summed E-state index contributed by atoms with van der Waals surface area (Å²) in [5.74, 6) is 0. The number of aromatic nitrogens is 2. The van der Waals surface area contributed by atoms with Crippen LogP contribution in [0.2, 0.25) is 0 Å². The Morgan fingerprint density at radius 2 is 1.26 bits per heavy atom. The highest BCUT2D eigenvalue weighted by Crippen LogP contribution is 2.36. The van der Waals surface area contributed by atoms with Crippen LogP contribution in [0.15, 0.2) is 6.33 Å². The second-order valence-electron chi connectivity index (χ2n) is 5.55. The van der Waals surface area contributed by atoms with Crippen molar-refractivity contribution in [3.8, 4) is 0 Å². The van der Waals surface area contributed by atoms with Crippen LogP contribution in [-0.4, -0.2) is 28.3 Å². The lowest BCUT2D eigenvalue weighted by Gasteiger charge is -2.32. The zero-order valence-corrected chi connectivity index (χ0v) is 13.4. The van der Waals surface area contributed by atoms with Gasteiger partial charge in [0.25, 0.3) is 0 Å². The highest BCUT2D eigenvalue weighted by molar-refractivity contribution is 6.63. The first-order chi connectivity index (χ1) is 8.74. The summed E-state index contributed by atoms with van der Waals surface area (Å²) in [5, 5.41) is 0. The molecule has 0 aliphatic carbocycles. The third-order valence-electron chi connectivity index (χ3n) is 3.77. The molecule has 0 atom stereocenters. The van der Waals surface area contributed by atoms with Crippen LogP contribution < -0.4 is 5.46 Å². The van der Waals surface area contributed by atoms with E-state index in [1.165, 1.54) is 0 Å². The van der Waals surface area contributed by atoms with Gasteiger partial charge in [0.05, 0.1) is 11.2 Å². The first-order valence-electron chi connectivity index (χ1n) is 6.88. The Morgan fingerprint density at radius 1 is 0.895 bits per heavy atom. The van der Waals surface area contributed by atoms with Crippen molar-refractivity contribution in [2.75, 3.05) is 0 Å². The molecule has 0 spiro atoms. The minimum atomic E-state index is -0.374. The minimum Gasteiger partial charge on any atom is -0.399 e.